The first-order valence-electron chi connectivity index (χ1n) is 6.62. The largest absolute Gasteiger partial charge is 0.481 e. The second-order valence-electron chi connectivity index (χ2n) is 5.24. The lowest BCUT2D eigenvalue weighted by atomic mass is 9.90. The van der Waals surface area contributed by atoms with Crippen molar-refractivity contribution in [2.45, 2.75) is 24.8 Å². The standard InChI is InChI=1S/C15H13F2NO3/c16-15(17)7-2-1-3-10(15)13(19)12-5-4-11-9(14(20)21)6-8-18(11)12/h1-5,7,9-10H,6,8H2,(H,20,21). The first-order valence-corrected chi connectivity index (χ1v) is 6.62. The highest BCUT2D eigenvalue weighted by Gasteiger charge is 2.43. The molecule has 110 valence electrons. The predicted molar refractivity (Wildman–Crippen MR) is 70.5 cm³/mol. The van der Waals surface area contributed by atoms with Crippen LogP contribution in [-0.2, 0) is 11.3 Å². The van der Waals surface area contributed by atoms with Gasteiger partial charge in [0.2, 0.25) is 0 Å². The number of carbonyl (C=O) groups excluding carboxylic acids is 1. The van der Waals surface area contributed by atoms with E-state index in [0.717, 1.165) is 0 Å². The number of ketones is 1. The van der Waals surface area contributed by atoms with Gasteiger partial charge in [0.15, 0.2) is 5.78 Å². The number of carboxylic acids is 1. The normalized spacial score (nSPS) is 25.8. The number of aliphatic carboxylic acids is 1. The van der Waals surface area contributed by atoms with Gasteiger partial charge < -0.3 is 9.67 Å². The molecule has 0 saturated heterocycles. The van der Waals surface area contributed by atoms with Gasteiger partial charge in [0.1, 0.15) is 5.92 Å². The van der Waals surface area contributed by atoms with E-state index in [9.17, 15) is 18.4 Å². The molecule has 3 rings (SSSR count). The van der Waals surface area contributed by atoms with Crippen LogP contribution in [0.25, 0.3) is 0 Å². The zero-order valence-electron chi connectivity index (χ0n) is 11.0. The van der Waals surface area contributed by atoms with E-state index in [1.165, 1.54) is 24.3 Å². The molecular formula is C15H13F2NO3. The lowest BCUT2D eigenvalue weighted by Gasteiger charge is -2.22. The first kappa shape index (κ1) is 13.7. The summed E-state index contributed by atoms with van der Waals surface area (Å²) in [5.41, 5.74) is 0.655. The lowest BCUT2D eigenvalue weighted by Crippen LogP contribution is -2.33. The van der Waals surface area contributed by atoms with Crippen LogP contribution in [-0.4, -0.2) is 27.3 Å². The Kier molecular flexibility index (Phi) is 3.04. The molecule has 6 heteroatoms. The fourth-order valence-corrected chi connectivity index (χ4v) is 2.92. The molecule has 1 aliphatic carbocycles. The molecule has 1 N–H and O–H groups in total. The van der Waals surface area contributed by atoms with Gasteiger partial charge in [0.25, 0.3) is 5.92 Å². The van der Waals surface area contributed by atoms with Crippen LogP contribution in [0.5, 0.6) is 0 Å². The van der Waals surface area contributed by atoms with Gasteiger partial charge in [-0.15, -0.1) is 0 Å². The van der Waals surface area contributed by atoms with E-state index in [2.05, 4.69) is 0 Å². The molecule has 0 aromatic carbocycles. The number of allylic oxidation sites excluding steroid dienone is 4. The number of alkyl halides is 2. The molecule has 0 fully saturated rings. The molecule has 2 unspecified atom stereocenters. The molecule has 2 heterocycles. The van der Waals surface area contributed by atoms with Gasteiger partial charge in [0, 0.05) is 12.2 Å². The van der Waals surface area contributed by atoms with E-state index < -0.39 is 29.5 Å². The van der Waals surface area contributed by atoms with Crippen molar-refractivity contribution in [1.29, 1.82) is 0 Å². The Labute approximate surface area is 119 Å². The molecular weight excluding hydrogens is 280 g/mol. The fourth-order valence-electron chi connectivity index (χ4n) is 2.92. The maximum atomic E-state index is 13.8. The highest BCUT2D eigenvalue weighted by Crippen LogP contribution is 2.36. The van der Waals surface area contributed by atoms with Crippen molar-refractivity contribution < 1.29 is 23.5 Å². The van der Waals surface area contributed by atoms with Crippen molar-refractivity contribution >= 4 is 11.8 Å². The lowest BCUT2D eigenvalue weighted by molar-refractivity contribution is -0.138. The van der Waals surface area contributed by atoms with Crippen molar-refractivity contribution in [3.05, 3.63) is 47.8 Å². The van der Waals surface area contributed by atoms with Crippen molar-refractivity contribution in [3.63, 3.8) is 0 Å². The van der Waals surface area contributed by atoms with Crippen molar-refractivity contribution in [2.24, 2.45) is 5.92 Å². The number of carboxylic acid groups (broad SMARTS) is 1. The van der Waals surface area contributed by atoms with Crippen LogP contribution in [0.4, 0.5) is 8.78 Å². The topological polar surface area (TPSA) is 59.3 Å². The summed E-state index contributed by atoms with van der Waals surface area (Å²) in [7, 11) is 0. The number of nitrogens with zero attached hydrogens (tertiary/aromatic N) is 1. The Bertz CT molecular complexity index is 672. The van der Waals surface area contributed by atoms with Gasteiger partial charge in [-0.1, -0.05) is 18.2 Å². The highest BCUT2D eigenvalue weighted by molar-refractivity contribution is 5.99. The van der Waals surface area contributed by atoms with Gasteiger partial charge >= 0.3 is 5.97 Å². The molecule has 1 aromatic rings. The third-order valence-electron chi connectivity index (χ3n) is 3.99. The highest BCUT2D eigenvalue weighted by atomic mass is 19.3. The Morgan fingerprint density at radius 1 is 1.29 bits per heavy atom. The Morgan fingerprint density at radius 3 is 2.71 bits per heavy atom. The molecule has 2 aliphatic rings. The third-order valence-corrected chi connectivity index (χ3v) is 3.99. The first-order chi connectivity index (χ1) is 9.92. The Hall–Kier alpha value is -2.24. The van der Waals surface area contributed by atoms with Crippen LogP contribution in [0, 0.1) is 5.92 Å². The van der Waals surface area contributed by atoms with Crippen LogP contribution in [0.15, 0.2) is 36.4 Å². The number of rotatable bonds is 3. The monoisotopic (exact) mass is 293 g/mol. The van der Waals surface area contributed by atoms with E-state index in [4.69, 9.17) is 5.11 Å². The fraction of sp³-hybridized carbons (Fsp3) is 0.333. The summed E-state index contributed by atoms with van der Waals surface area (Å²) in [6, 6.07) is 2.98. The second kappa shape index (κ2) is 4.65. The third kappa shape index (κ3) is 2.11. The van der Waals surface area contributed by atoms with Crippen LogP contribution in [0.3, 0.4) is 0 Å². The minimum absolute atomic E-state index is 0.151. The van der Waals surface area contributed by atoms with E-state index >= 15 is 0 Å². The number of halogens is 2. The van der Waals surface area contributed by atoms with E-state index in [1.807, 2.05) is 0 Å². The molecule has 1 aliphatic heterocycles. The molecule has 0 spiro atoms. The zero-order valence-corrected chi connectivity index (χ0v) is 11.0. The number of aromatic nitrogens is 1. The number of fused-ring (bicyclic) bond motifs is 1. The average molecular weight is 293 g/mol. The number of hydrogen-bond donors (Lipinski definition) is 1. The van der Waals surface area contributed by atoms with Crippen molar-refractivity contribution in [2.75, 3.05) is 0 Å². The van der Waals surface area contributed by atoms with E-state index in [-0.39, 0.29) is 5.69 Å². The molecule has 0 amide bonds. The zero-order chi connectivity index (χ0) is 15.2. The smallest absolute Gasteiger partial charge is 0.312 e. The van der Waals surface area contributed by atoms with E-state index in [1.54, 1.807) is 10.6 Å². The summed E-state index contributed by atoms with van der Waals surface area (Å²) in [6.45, 7) is 0.359. The quantitative estimate of drug-likeness (QED) is 0.871. The summed E-state index contributed by atoms with van der Waals surface area (Å²) in [6.07, 6.45) is 4.92. The maximum absolute atomic E-state index is 13.8. The van der Waals surface area contributed by atoms with Crippen LogP contribution in [0.1, 0.15) is 28.5 Å². The van der Waals surface area contributed by atoms with Gasteiger partial charge in [-0.25, -0.2) is 8.78 Å². The summed E-state index contributed by atoms with van der Waals surface area (Å²) in [5.74, 6) is -7.07. The van der Waals surface area contributed by atoms with Crippen LogP contribution < -0.4 is 0 Å². The predicted octanol–water partition coefficient (Wildman–Crippen LogP) is 2.62. The minimum Gasteiger partial charge on any atom is -0.481 e. The van der Waals surface area contributed by atoms with Crippen LogP contribution in [0.2, 0.25) is 0 Å². The van der Waals surface area contributed by atoms with Gasteiger partial charge in [-0.3, -0.25) is 9.59 Å². The Morgan fingerprint density at radius 2 is 2.05 bits per heavy atom. The van der Waals surface area contributed by atoms with E-state index in [0.29, 0.717) is 24.7 Å². The van der Waals surface area contributed by atoms with Crippen LogP contribution >= 0.6 is 0 Å². The number of carbonyl (C=O) groups is 2. The summed E-state index contributed by atoms with van der Waals surface area (Å²) in [5, 5.41) is 9.10. The summed E-state index contributed by atoms with van der Waals surface area (Å²) >= 11 is 0. The SMILES string of the molecule is O=C(O)C1CCn2c(C(=O)C3C=CC=CC3(F)F)ccc21. The molecule has 1 aromatic heterocycles. The minimum atomic E-state index is -3.22. The van der Waals surface area contributed by atoms with Crippen molar-refractivity contribution in [3.8, 4) is 0 Å². The summed E-state index contributed by atoms with van der Waals surface area (Å²) < 4.78 is 29.2. The van der Waals surface area contributed by atoms with Crippen molar-refractivity contribution in [1.82, 2.24) is 4.57 Å². The molecule has 0 radical (unpaired) electrons. The maximum Gasteiger partial charge on any atom is 0.312 e. The molecule has 0 bridgehead atoms. The number of Topliss-reactive ketones (excluding diaryl/α,β-unsaturated/α-hetero) is 1. The second-order valence-corrected chi connectivity index (χ2v) is 5.24. The molecule has 21 heavy (non-hydrogen) atoms. The van der Waals surface area contributed by atoms with Gasteiger partial charge in [-0.2, -0.15) is 0 Å². The Balaban J connectivity index is 1.95. The molecule has 0 saturated carbocycles. The average Bonchev–Trinajstić information content (AvgIpc) is 2.97. The molecule has 2 atom stereocenters. The summed E-state index contributed by atoms with van der Waals surface area (Å²) in [4.78, 5) is 23.5. The van der Waals surface area contributed by atoms with Gasteiger partial charge in [0.05, 0.1) is 11.6 Å². The van der Waals surface area contributed by atoms with Gasteiger partial charge in [-0.05, 0) is 24.6 Å². The molecule has 4 nitrogen and oxygen atoms in total. The number of hydrogen-bond acceptors (Lipinski definition) is 2.